The largest absolute Gasteiger partial charge is 0.376 e. The predicted octanol–water partition coefficient (Wildman–Crippen LogP) is 3.78. The summed E-state index contributed by atoms with van der Waals surface area (Å²) in [7, 11) is 0. The van der Waals surface area contributed by atoms with Gasteiger partial charge in [0.15, 0.2) is 0 Å². The second kappa shape index (κ2) is 5.91. The van der Waals surface area contributed by atoms with Crippen molar-refractivity contribution in [1.82, 2.24) is 0 Å². The molecule has 1 aromatic rings. The fraction of sp³-hybridized carbons (Fsp3) is 0.625. The third kappa shape index (κ3) is 3.27. The summed E-state index contributed by atoms with van der Waals surface area (Å²) in [5.41, 5.74) is 6.45. The molecule has 1 aliphatic carbocycles. The van der Waals surface area contributed by atoms with Crippen molar-refractivity contribution in [2.24, 2.45) is 17.6 Å². The molecule has 2 nitrogen and oxygen atoms in total. The van der Waals surface area contributed by atoms with Crippen LogP contribution in [-0.4, -0.2) is 12.1 Å². The molecule has 3 N–H and O–H groups in total. The molecule has 0 spiro atoms. The first-order valence-electron chi connectivity index (χ1n) is 7.29. The van der Waals surface area contributed by atoms with Crippen LogP contribution in [-0.2, 0) is 0 Å². The van der Waals surface area contributed by atoms with E-state index >= 15 is 0 Å². The lowest BCUT2D eigenvalue weighted by Crippen LogP contribution is -2.49. The molecule has 0 bridgehead atoms. The Morgan fingerprint density at radius 2 is 2.16 bits per heavy atom. The predicted molar refractivity (Wildman–Crippen MR) is 78.6 cm³/mol. The van der Waals surface area contributed by atoms with Crippen molar-refractivity contribution in [2.45, 2.75) is 45.1 Å². The van der Waals surface area contributed by atoms with Gasteiger partial charge in [0.2, 0.25) is 0 Å². The Hall–Kier alpha value is -1.09. The number of benzene rings is 1. The molecule has 3 heteroatoms. The highest BCUT2D eigenvalue weighted by Gasteiger charge is 2.36. The van der Waals surface area contributed by atoms with Crippen molar-refractivity contribution in [1.29, 1.82) is 0 Å². The SMILES string of the molecule is CC(C)C1CCCC(CN)(Nc2ccccc2F)C1. The van der Waals surface area contributed by atoms with Gasteiger partial charge in [0.25, 0.3) is 0 Å². The van der Waals surface area contributed by atoms with Gasteiger partial charge in [-0.05, 0) is 36.8 Å². The van der Waals surface area contributed by atoms with Crippen LogP contribution < -0.4 is 11.1 Å². The lowest BCUT2D eigenvalue weighted by atomic mass is 9.71. The Bertz CT molecular complexity index is 419. The van der Waals surface area contributed by atoms with Crippen molar-refractivity contribution in [3.05, 3.63) is 30.1 Å². The van der Waals surface area contributed by atoms with Crippen LogP contribution in [0.4, 0.5) is 10.1 Å². The summed E-state index contributed by atoms with van der Waals surface area (Å²) in [6, 6.07) is 6.87. The molecule has 1 fully saturated rings. The van der Waals surface area contributed by atoms with E-state index in [1.165, 1.54) is 18.9 Å². The summed E-state index contributed by atoms with van der Waals surface area (Å²) < 4.78 is 13.8. The summed E-state index contributed by atoms with van der Waals surface area (Å²) in [6.07, 6.45) is 4.50. The summed E-state index contributed by atoms with van der Waals surface area (Å²) >= 11 is 0. The molecule has 19 heavy (non-hydrogen) atoms. The van der Waals surface area contributed by atoms with Crippen LogP contribution in [0.25, 0.3) is 0 Å². The lowest BCUT2D eigenvalue weighted by molar-refractivity contribution is 0.202. The molecule has 0 aliphatic heterocycles. The zero-order chi connectivity index (χ0) is 13.9. The van der Waals surface area contributed by atoms with Crippen LogP contribution >= 0.6 is 0 Å². The molecule has 0 heterocycles. The van der Waals surface area contributed by atoms with Crippen LogP contribution in [0.3, 0.4) is 0 Å². The van der Waals surface area contributed by atoms with E-state index in [4.69, 9.17) is 5.73 Å². The third-order valence-corrected chi connectivity index (χ3v) is 4.49. The number of hydrogen-bond donors (Lipinski definition) is 2. The first kappa shape index (κ1) is 14.3. The van der Waals surface area contributed by atoms with Crippen molar-refractivity contribution in [2.75, 3.05) is 11.9 Å². The van der Waals surface area contributed by atoms with E-state index in [2.05, 4.69) is 19.2 Å². The van der Waals surface area contributed by atoms with Gasteiger partial charge in [-0.15, -0.1) is 0 Å². The van der Waals surface area contributed by atoms with E-state index in [1.54, 1.807) is 12.1 Å². The fourth-order valence-electron chi connectivity index (χ4n) is 3.18. The van der Waals surface area contributed by atoms with E-state index in [1.807, 2.05) is 6.07 Å². The van der Waals surface area contributed by atoms with Gasteiger partial charge < -0.3 is 11.1 Å². The second-order valence-electron chi connectivity index (χ2n) is 6.19. The highest BCUT2D eigenvalue weighted by Crippen LogP contribution is 2.38. The van der Waals surface area contributed by atoms with Gasteiger partial charge in [-0.2, -0.15) is 0 Å². The van der Waals surface area contributed by atoms with Crippen LogP contribution in [0.2, 0.25) is 0 Å². The van der Waals surface area contributed by atoms with E-state index in [0.717, 1.165) is 12.8 Å². The van der Waals surface area contributed by atoms with Crippen LogP contribution in [0.5, 0.6) is 0 Å². The number of halogens is 1. The lowest BCUT2D eigenvalue weighted by Gasteiger charge is -2.43. The van der Waals surface area contributed by atoms with Crippen LogP contribution in [0, 0.1) is 17.7 Å². The number of para-hydroxylation sites is 1. The summed E-state index contributed by atoms with van der Waals surface area (Å²) in [5.74, 6) is 1.15. The fourth-order valence-corrected chi connectivity index (χ4v) is 3.18. The van der Waals surface area contributed by atoms with Gasteiger partial charge in [-0.3, -0.25) is 0 Å². The third-order valence-electron chi connectivity index (χ3n) is 4.49. The minimum atomic E-state index is -0.193. The number of hydrogen-bond acceptors (Lipinski definition) is 2. The van der Waals surface area contributed by atoms with Crippen LogP contribution in [0.1, 0.15) is 39.5 Å². The first-order chi connectivity index (χ1) is 9.06. The number of rotatable bonds is 4. The first-order valence-corrected chi connectivity index (χ1v) is 7.29. The maximum absolute atomic E-state index is 13.8. The van der Waals surface area contributed by atoms with Crippen molar-refractivity contribution >= 4 is 5.69 Å². The van der Waals surface area contributed by atoms with Gasteiger partial charge in [0, 0.05) is 12.1 Å². The van der Waals surface area contributed by atoms with Crippen molar-refractivity contribution in [3.63, 3.8) is 0 Å². The maximum Gasteiger partial charge on any atom is 0.146 e. The summed E-state index contributed by atoms with van der Waals surface area (Å²) in [5, 5.41) is 3.40. The molecule has 0 aromatic heterocycles. The van der Waals surface area contributed by atoms with E-state index in [9.17, 15) is 4.39 Å². The monoisotopic (exact) mass is 264 g/mol. The molecule has 1 aromatic carbocycles. The zero-order valence-electron chi connectivity index (χ0n) is 12.0. The van der Waals surface area contributed by atoms with Gasteiger partial charge in [0.05, 0.1) is 5.69 Å². The molecule has 2 atom stereocenters. The van der Waals surface area contributed by atoms with Crippen LogP contribution in [0.15, 0.2) is 24.3 Å². The maximum atomic E-state index is 13.8. The Kier molecular flexibility index (Phi) is 4.46. The second-order valence-corrected chi connectivity index (χ2v) is 6.19. The minimum Gasteiger partial charge on any atom is -0.376 e. The van der Waals surface area contributed by atoms with Crippen molar-refractivity contribution in [3.8, 4) is 0 Å². The standard InChI is InChI=1S/C16H25FN2/c1-12(2)13-6-5-9-16(10-13,11-18)19-15-8-4-3-7-14(15)17/h3-4,7-8,12-13,19H,5-6,9-11,18H2,1-2H3. The van der Waals surface area contributed by atoms with Gasteiger partial charge in [0.1, 0.15) is 5.82 Å². The normalized spacial score (nSPS) is 27.5. The molecule has 0 radical (unpaired) electrons. The Balaban J connectivity index is 2.16. The van der Waals surface area contributed by atoms with E-state index < -0.39 is 0 Å². The smallest absolute Gasteiger partial charge is 0.146 e. The average molecular weight is 264 g/mol. The zero-order valence-corrected chi connectivity index (χ0v) is 12.0. The minimum absolute atomic E-state index is 0.143. The number of anilines is 1. The summed E-state index contributed by atoms with van der Waals surface area (Å²) in [6.45, 7) is 5.09. The summed E-state index contributed by atoms with van der Waals surface area (Å²) in [4.78, 5) is 0. The molecular weight excluding hydrogens is 239 g/mol. The average Bonchev–Trinajstić information content (AvgIpc) is 2.42. The number of nitrogens with one attached hydrogen (secondary N) is 1. The Morgan fingerprint density at radius 1 is 1.42 bits per heavy atom. The molecule has 106 valence electrons. The Morgan fingerprint density at radius 3 is 2.79 bits per heavy atom. The topological polar surface area (TPSA) is 38.0 Å². The quantitative estimate of drug-likeness (QED) is 0.868. The molecule has 0 saturated heterocycles. The van der Waals surface area contributed by atoms with E-state index in [-0.39, 0.29) is 11.4 Å². The number of nitrogens with two attached hydrogens (primary N) is 1. The van der Waals surface area contributed by atoms with Crippen molar-refractivity contribution < 1.29 is 4.39 Å². The molecule has 1 saturated carbocycles. The molecule has 0 amide bonds. The molecular formula is C16H25FN2. The van der Waals surface area contributed by atoms with Gasteiger partial charge in [-0.1, -0.05) is 38.8 Å². The van der Waals surface area contributed by atoms with E-state index in [0.29, 0.717) is 24.1 Å². The van der Waals surface area contributed by atoms with Gasteiger partial charge in [-0.25, -0.2) is 4.39 Å². The Labute approximate surface area is 115 Å². The van der Waals surface area contributed by atoms with Gasteiger partial charge >= 0.3 is 0 Å². The molecule has 2 unspecified atom stereocenters. The molecule has 1 aliphatic rings. The highest BCUT2D eigenvalue weighted by molar-refractivity contribution is 5.47. The molecule has 2 rings (SSSR count). The highest BCUT2D eigenvalue weighted by atomic mass is 19.1.